The van der Waals surface area contributed by atoms with Gasteiger partial charge in [-0.1, -0.05) is 48.5 Å². The third-order valence-corrected chi connectivity index (χ3v) is 8.23. The van der Waals surface area contributed by atoms with Gasteiger partial charge >= 0.3 is 0 Å². The number of halogens is 2. The van der Waals surface area contributed by atoms with E-state index in [1.165, 1.54) is 34.8 Å². The van der Waals surface area contributed by atoms with E-state index in [2.05, 4.69) is 12.2 Å². The fourth-order valence-electron chi connectivity index (χ4n) is 4.17. The molecule has 1 N–H and O–H groups in total. The second kappa shape index (κ2) is 9.52. The van der Waals surface area contributed by atoms with Gasteiger partial charge in [-0.2, -0.15) is 0 Å². The Morgan fingerprint density at radius 2 is 2.09 bits per heavy atom. The van der Waals surface area contributed by atoms with E-state index in [1.54, 1.807) is 15.9 Å². The van der Waals surface area contributed by atoms with Crippen molar-refractivity contribution < 1.29 is 9.18 Å². The van der Waals surface area contributed by atoms with E-state index in [-0.39, 0.29) is 22.2 Å². The summed E-state index contributed by atoms with van der Waals surface area (Å²) in [7, 11) is 0. The number of thioether (sulfide) groups is 1. The number of carbonyl (C=O) groups excluding carboxylic acids is 1. The number of fused-ring (bicyclic) bond motifs is 3. The number of thiophene rings is 1. The number of para-hydroxylation sites is 1. The SMILES string of the molecule is C[C@@H]1CCc2c(sc3nc(SCC(=O)Nc4ccc(F)c(Cl)c4)n(-c4ccccc4)c(=O)c23)C1. The van der Waals surface area contributed by atoms with Gasteiger partial charge in [0.15, 0.2) is 5.16 Å². The van der Waals surface area contributed by atoms with Crippen LogP contribution in [0.5, 0.6) is 0 Å². The molecule has 0 aliphatic heterocycles. The molecule has 0 bridgehead atoms. The van der Waals surface area contributed by atoms with Crippen LogP contribution in [0.4, 0.5) is 10.1 Å². The van der Waals surface area contributed by atoms with Gasteiger partial charge in [-0.05, 0) is 61.1 Å². The van der Waals surface area contributed by atoms with E-state index < -0.39 is 5.82 Å². The van der Waals surface area contributed by atoms with Crippen molar-refractivity contribution in [2.45, 2.75) is 31.3 Å². The molecule has 2 heterocycles. The number of carbonyl (C=O) groups is 1. The quantitative estimate of drug-likeness (QED) is 0.259. The molecule has 0 spiro atoms. The van der Waals surface area contributed by atoms with E-state index >= 15 is 0 Å². The summed E-state index contributed by atoms with van der Waals surface area (Å²) in [4.78, 5) is 33.1. The number of anilines is 1. The Balaban J connectivity index is 1.50. The largest absolute Gasteiger partial charge is 0.325 e. The lowest BCUT2D eigenvalue weighted by molar-refractivity contribution is -0.113. The van der Waals surface area contributed by atoms with Crippen molar-refractivity contribution in [3.05, 3.63) is 80.2 Å². The lowest BCUT2D eigenvalue weighted by Crippen LogP contribution is -2.23. The van der Waals surface area contributed by atoms with Crippen LogP contribution in [0.1, 0.15) is 23.8 Å². The molecule has 0 unspecified atom stereocenters. The van der Waals surface area contributed by atoms with Crippen molar-refractivity contribution in [3.8, 4) is 5.69 Å². The highest BCUT2D eigenvalue weighted by Gasteiger charge is 2.25. The van der Waals surface area contributed by atoms with E-state index in [0.29, 0.717) is 27.8 Å². The van der Waals surface area contributed by atoms with Gasteiger partial charge in [0, 0.05) is 10.6 Å². The molecule has 5 nitrogen and oxygen atoms in total. The number of amides is 1. The molecule has 1 aliphatic rings. The minimum atomic E-state index is -0.550. The molecule has 0 fully saturated rings. The molecule has 9 heteroatoms. The molecule has 34 heavy (non-hydrogen) atoms. The van der Waals surface area contributed by atoms with Crippen LogP contribution in [0.2, 0.25) is 5.02 Å². The van der Waals surface area contributed by atoms with E-state index in [0.717, 1.165) is 29.7 Å². The van der Waals surface area contributed by atoms with Gasteiger partial charge in [0.05, 0.1) is 21.8 Å². The number of aromatic nitrogens is 2. The van der Waals surface area contributed by atoms with Gasteiger partial charge < -0.3 is 5.32 Å². The lowest BCUT2D eigenvalue weighted by Gasteiger charge is -2.17. The summed E-state index contributed by atoms with van der Waals surface area (Å²) in [6.45, 7) is 2.23. The van der Waals surface area contributed by atoms with Gasteiger partial charge in [0.1, 0.15) is 10.6 Å². The van der Waals surface area contributed by atoms with Crippen molar-refractivity contribution in [2.24, 2.45) is 5.92 Å². The predicted molar refractivity (Wildman–Crippen MR) is 137 cm³/mol. The van der Waals surface area contributed by atoms with E-state index in [4.69, 9.17) is 16.6 Å². The van der Waals surface area contributed by atoms with Crippen molar-refractivity contribution in [2.75, 3.05) is 11.1 Å². The number of aryl methyl sites for hydroxylation is 1. The Morgan fingerprint density at radius 1 is 1.29 bits per heavy atom. The monoisotopic (exact) mass is 513 g/mol. The van der Waals surface area contributed by atoms with Crippen LogP contribution in [-0.4, -0.2) is 21.2 Å². The molecule has 1 atom stereocenters. The summed E-state index contributed by atoms with van der Waals surface area (Å²) in [6.07, 6.45) is 2.91. The number of nitrogens with one attached hydrogen (secondary N) is 1. The van der Waals surface area contributed by atoms with E-state index in [9.17, 15) is 14.0 Å². The molecule has 5 rings (SSSR count). The molecule has 2 aromatic carbocycles. The summed E-state index contributed by atoms with van der Waals surface area (Å²) in [5, 5.41) is 3.81. The first-order valence-electron chi connectivity index (χ1n) is 10.9. The lowest BCUT2D eigenvalue weighted by atomic mass is 9.89. The number of benzene rings is 2. The summed E-state index contributed by atoms with van der Waals surface area (Å²) >= 11 is 8.58. The van der Waals surface area contributed by atoms with Crippen LogP contribution in [0.25, 0.3) is 15.9 Å². The van der Waals surface area contributed by atoms with Gasteiger partial charge in [0.2, 0.25) is 5.91 Å². The first-order chi connectivity index (χ1) is 16.4. The third kappa shape index (κ3) is 4.50. The second-order valence-corrected chi connectivity index (χ2v) is 10.8. The first-order valence-corrected chi connectivity index (χ1v) is 13.1. The fourth-order valence-corrected chi connectivity index (χ4v) is 6.59. The van der Waals surface area contributed by atoms with Crippen molar-refractivity contribution in [3.63, 3.8) is 0 Å². The molecule has 4 aromatic rings. The Hall–Kier alpha value is -2.68. The molecule has 174 valence electrons. The van der Waals surface area contributed by atoms with Gasteiger partial charge in [-0.25, -0.2) is 9.37 Å². The van der Waals surface area contributed by atoms with Gasteiger partial charge in [-0.15, -0.1) is 11.3 Å². The summed E-state index contributed by atoms with van der Waals surface area (Å²) < 4.78 is 15.0. The third-order valence-electron chi connectivity index (χ3n) is 5.85. The zero-order valence-electron chi connectivity index (χ0n) is 18.3. The Morgan fingerprint density at radius 3 is 2.85 bits per heavy atom. The van der Waals surface area contributed by atoms with Crippen LogP contribution in [0, 0.1) is 11.7 Å². The van der Waals surface area contributed by atoms with Crippen LogP contribution in [-0.2, 0) is 17.6 Å². The summed E-state index contributed by atoms with van der Waals surface area (Å²) in [6, 6.07) is 13.4. The molecule has 1 aliphatic carbocycles. The fraction of sp³-hybridized carbons (Fsp3) is 0.240. The maximum atomic E-state index is 13.7. The van der Waals surface area contributed by atoms with Crippen LogP contribution in [0.3, 0.4) is 0 Å². The molecule has 2 aromatic heterocycles. The Labute approximate surface area is 209 Å². The number of rotatable bonds is 5. The topological polar surface area (TPSA) is 64.0 Å². The number of hydrogen-bond acceptors (Lipinski definition) is 5. The molecule has 1 amide bonds. The molecular formula is C25H21ClFN3O2S2. The molecule has 0 saturated heterocycles. The first kappa shape index (κ1) is 23.1. The van der Waals surface area contributed by atoms with Gasteiger partial charge in [-0.3, -0.25) is 14.2 Å². The highest BCUT2D eigenvalue weighted by molar-refractivity contribution is 7.99. The predicted octanol–water partition coefficient (Wildman–Crippen LogP) is 6.10. The van der Waals surface area contributed by atoms with Crippen LogP contribution >= 0.6 is 34.7 Å². The van der Waals surface area contributed by atoms with Crippen LogP contribution < -0.4 is 10.9 Å². The smallest absolute Gasteiger partial charge is 0.267 e. The summed E-state index contributed by atoms with van der Waals surface area (Å²) in [5.74, 6) is -0.233. The maximum absolute atomic E-state index is 13.7. The van der Waals surface area contributed by atoms with Crippen molar-refractivity contribution >= 4 is 56.5 Å². The van der Waals surface area contributed by atoms with Crippen LogP contribution in [0.15, 0.2) is 58.5 Å². The standard InChI is InChI=1S/C25H21ClFN3O2S2/c1-14-7-9-17-20(11-14)34-23-22(17)24(32)30(16-5-3-2-4-6-16)25(29-23)33-13-21(31)28-15-8-10-19(27)18(26)12-15/h2-6,8,10,12,14H,7,9,11,13H2,1H3,(H,28,31)/t14-/m1/s1. The highest BCUT2D eigenvalue weighted by atomic mass is 35.5. The maximum Gasteiger partial charge on any atom is 0.267 e. The average molecular weight is 514 g/mol. The Bertz CT molecular complexity index is 1450. The summed E-state index contributed by atoms with van der Waals surface area (Å²) in [5.41, 5.74) is 2.14. The number of hydrogen-bond donors (Lipinski definition) is 1. The van der Waals surface area contributed by atoms with Crippen molar-refractivity contribution in [1.29, 1.82) is 0 Å². The zero-order chi connectivity index (χ0) is 23.8. The zero-order valence-corrected chi connectivity index (χ0v) is 20.7. The minimum Gasteiger partial charge on any atom is -0.325 e. The Kier molecular flexibility index (Phi) is 6.46. The van der Waals surface area contributed by atoms with Gasteiger partial charge in [0.25, 0.3) is 5.56 Å². The second-order valence-electron chi connectivity index (χ2n) is 8.37. The van der Waals surface area contributed by atoms with Crippen molar-refractivity contribution in [1.82, 2.24) is 9.55 Å². The molecule has 0 radical (unpaired) electrons. The normalized spacial score (nSPS) is 15.3. The average Bonchev–Trinajstić information content (AvgIpc) is 3.18. The highest BCUT2D eigenvalue weighted by Crippen LogP contribution is 2.37. The minimum absolute atomic E-state index is 0.0297. The molecular weight excluding hydrogens is 493 g/mol. The molecule has 0 saturated carbocycles. The van der Waals surface area contributed by atoms with E-state index in [1.807, 2.05) is 30.3 Å². The number of nitrogens with zero attached hydrogens (tertiary/aromatic N) is 2.